The van der Waals surface area contributed by atoms with Crippen LogP contribution in [0.15, 0.2) is 36.4 Å². The van der Waals surface area contributed by atoms with E-state index in [0.717, 1.165) is 11.1 Å². The zero-order valence-corrected chi connectivity index (χ0v) is 12.1. The zero-order chi connectivity index (χ0) is 15.1. The summed E-state index contributed by atoms with van der Waals surface area (Å²) in [4.78, 5) is 25.9. The highest BCUT2D eigenvalue weighted by atomic mass is 35.5. The number of hydrogen-bond donors (Lipinski definition) is 1. The number of nitrogens with zero attached hydrogens (tertiary/aromatic N) is 1. The molecule has 4 nitrogen and oxygen atoms in total. The number of nitrogen functional groups attached to an aromatic ring is 1. The molecule has 1 aliphatic heterocycles. The van der Waals surface area contributed by atoms with Crippen molar-refractivity contribution < 1.29 is 9.59 Å². The van der Waals surface area contributed by atoms with Gasteiger partial charge in [0.15, 0.2) is 0 Å². The van der Waals surface area contributed by atoms with E-state index in [1.807, 2.05) is 25.1 Å². The number of carbonyl (C=O) groups is 2. The van der Waals surface area contributed by atoms with Gasteiger partial charge in [0.2, 0.25) is 0 Å². The number of halogens is 1. The van der Waals surface area contributed by atoms with Crippen molar-refractivity contribution in [1.82, 2.24) is 4.90 Å². The minimum atomic E-state index is -0.371. The second kappa shape index (κ2) is 4.90. The Kier molecular flexibility index (Phi) is 3.18. The number of rotatable bonds is 2. The smallest absolute Gasteiger partial charge is 0.263 e. The molecular weight excluding hydrogens is 288 g/mol. The van der Waals surface area contributed by atoms with Gasteiger partial charge in [-0.25, -0.2) is 0 Å². The summed E-state index contributed by atoms with van der Waals surface area (Å²) in [5.74, 6) is -0.705. The number of benzene rings is 2. The van der Waals surface area contributed by atoms with Crippen LogP contribution in [0, 0.1) is 6.92 Å². The molecule has 0 bridgehead atoms. The Labute approximate surface area is 127 Å². The number of hydrogen-bond acceptors (Lipinski definition) is 3. The summed E-state index contributed by atoms with van der Waals surface area (Å²) in [6, 6.07) is 10.4. The van der Waals surface area contributed by atoms with Gasteiger partial charge in [-0.15, -0.1) is 0 Å². The van der Waals surface area contributed by atoms with E-state index in [1.54, 1.807) is 18.2 Å². The Morgan fingerprint density at radius 2 is 1.90 bits per heavy atom. The third-order valence-electron chi connectivity index (χ3n) is 3.57. The van der Waals surface area contributed by atoms with E-state index in [1.165, 1.54) is 4.90 Å². The molecule has 0 aliphatic carbocycles. The fourth-order valence-corrected chi connectivity index (χ4v) is 2.75. The van der Waals surface area contributed by atoms with Gasteiger partial charge in [0, 0.05) is 10.7 Å². The molecule has 0 saturated heterocycles. The molecule has 106 valence electrons. The fourth-order valence-electron chi connectivity index (χ4n) is 2.45. The molecule has 1 heterocycles. The second-order valence-electron chi connectivity index (χ2n) is 5.06. The predicted octanol–water partition coefficient (Wildman–Crippen LogP) is 3.03. The lowest BCUT2D eigenvalue weighted by atomic mass is 10.1. The molecular formula is C16H13ClN2O2. The van der Waals surface area contributed by atoms with Gasteiger partial charge in [0.25, 0.3) is 11.8 Å². The summed E-state index contributed by atoms with van der Waals surface area (Å²) >= 11 is 6.17. The molecule has 1 aliphatic rings. The van der Waals surface area contributed by atoms with Crippen molar-refractivity contribution in [2.45, 2.75) is 13.5 Å². The van der Waals surface area contributed by atoms with E-state index in [-0.39, 0.29) is 23.9 Å². The van der Waals surface area contributed by atoms with Gasteiger partial charge in [-0.05, 0) is 36.2 Å². The van der Waals surface area contributed by atoms with Gasteiger partial charge in [-0.3, -0.25) is 14.5 Å². The molecule has 2 aromatic carbocycles. The predicted molar refractivity (Wildman–Crippen MR) is 81.2 cm³/mol. The average molecular weight is 301 g/mol. The highest BCUT2D eigenvalue weighted by Gasteiger charge is 2.37. The van der Waals surface area contributed by atoms with E-state index < -0.39 is 0 Å². The molecule has 0 atom stereocenters. The minimum Gasteiger partial charge on any atom is -0.398 e. The van der Waals surface area contributed by atoms with E-state index in [9.17, 15) is 9.59 Å². The molecule has 0 fully saturated rings. The molecule has 2 amide bonds. The SMILES string of the molecule is Cc1ccc(CN2C(=O)c3cccc(N)c3C2=O)c(Cl)c1. The second-order valence-corrected chi connectivity index (χ2v) is 5.47. The number of nitrogens with two attached hydrogens (primary N) is 1. The van der Waals surface area contributed by atoms with Crippen LogP contribution in [0.25, 0.3) is 0 Å². The first-order valence-electron chi connectivity index (χ1n) is 6.48. The van der Waals surface area contributed by atoms with Gasteiger partial charge >= 0.3 is 0 Å². The molecule has 5 heteroatoms. The van der Waals surface area contributed by atoms with E-state index in [2.05, 4.69) is 0 Å². The van der Waals surface area contributed by atoms with Crippen molar-refractivity contribution in [2.75, 3.05) is 5.73 Å². The molecule has 0 radical (unpaired) electrons. The summed E-state index contributed by atoms with van der Waals surface area (Å²) in [6.45, 7) is 2.07. The summed E-state index contributed by atoms with van der Waals surface area (Å²) in [5, 5.41) is 0.541. The van der Waals surface area contributed by atoms with Gasteiger partial charge in [-0.1, -0.05) is 29.8 Å². The van der Waals surface area contributed by atoms with Crippen molar-refractivity contribution in [2.24, 2.45) is 0 Å². The molecule has 0 unspecified atom stereocenters. The van der Waals surface area contributed by atoms with Crippen LogP contribution < -0.4 is 5.73 Å². The normalized spacial score (nSPS) is 13.7. The van der Waals surface area contributed by atoms with Crippen LogP contribution >= 0.6 is 11.6 Å². The molecule has 0 aromatic heterocycles. The quantitative estimate of drug-likeness (QED) is 0.685. The topological polar surface area (TPSA) is 63.4 Å². The number of fused-ring (bicyclic) bond motifs is 1. The molecule has 0 spiro atoms. The van der Waals surface area contributed by atoms with E-state index >= 15 is 0 Å². The van der Waals surface area contributed by atoms with Gasteiger partial charge in [0.1, 0.15) is 0 Å². The number of imide groups is 1. The average Bonchev–Trinajstić information content (AvgIpc) is 2.68. The molecule has 21 heavy (non-hydrogen) atoms. The first kappa shape index (κ1) is 13.6. The number of aryl methyl sites for hydroxylation is 1. The molecule has 2 aromatic rings. The third kappa shape index (κ3) is 2.17. The lowest BCUT2D eigenvalue weighted by molar-refractivity contribution is 0.0643. The van der Waals surface area contributed by atoms with Crippen LogP contribution in [0.1, 0.15) is 31.8 Å². The Bertz CT molecular complexity index is 771. The fraction of sp³-hybridized carbons (Fsp3) is 0.125. The highest BCUT2D eigenvalue weighted by Crippen LogP contribution is 2.30. The number of carbonyl (C=O) groups excluding carboxylic acids is 2. The van der Waals surface area contributed by atoms with Crippen molar-refractivity contribution in [1.29, 1.82) is 0 Å². The lowest BCUT2D eigenvalue weighted by Crippen LogP contribution is -2.29. The summed E-state index contributed by atoms with van der Waals surface area (Å²) in [5.41, 5.74) is 8.52. The van der Waals surface area contributed by atoms with E-state index in [0.29, 0.717) is 16.3 Å². The Hall–Kier alpha value is -2.33. The summed E-state index contributed by atoms with van der Waals surface area (Å²) < 4.78 is 0. The van der Waals surface area contributed by atoms with Crippen LogP contribution in [0.4, 0.5) is 5.69 Å². The number of anilines is 1. The van der Waals surface area contributed by atoms with Crippen molar-refractivity contribution in [3.8, 4) is 0 Å². The van der Waals surface area contributed by atoms with Gasteiger partial charge in [0.05, 0.1) is 17.7 Å². The lowest BCUT2D eigenvalue weighted by Gasteiger charge is -2.15. The maximum atomic E-state index is 12.4. The summed E-state index contributed by atoms with van der Waals surface area (Å²) in [6.07, 6.45) is 0. The van der Waals surface area contributed by atoms with Crippen LogP contribution in [-0.2, 0) is 6.54 Å². The maximum Gasteiger partial charge on any atom is 0.263 e. The first-order valence-corrected chi connectivity index (χ1v) is 6.86. The Morgan fingerprint density at radius 1 is 1.14 bits per heavy atom. The Balaban J connectivity index is 1.97. The van der Waals surface area contributed by atoms with Gasteiger partial charge < -0.3 is 5.73 Å². The minimum absolute atomic E-state index is 0.144. The highest BCUT2D eigenvalue weighted by molar-refractivity contribution is 6.31. The van der Waals surface area contributed by atoms with Crippen LogP contribution in [0.3, 0.4) is 0 Å². The first-order chi connectivity index (χ1) is 9.99. The standard InChI is InChI=1S/C16H13ClN2O2/c1-9-5-6-10(12(17)7-9)8-19-15(20)11-3-2-4-13(18)14(11)16(19)21/h2-7H,8,18H2,1H3. The molecule has 0 saturated carbocycles. The van der Waals surface area contributed by atoms with Gasteiger partial charge in [-0.2, -0.15) is 0 Å². The largest absolute Gasteiger partial charge is 0.398 e. The maximum absolute atomic E-state index is 12.4. The van der Waals surface area contributed by atoms with Crippen molar-refractivity contribution in [3.63, 3.8) is 0 Å². The third-order valence-corrected chi connectivity index (χ3v) is 3.92. The molecule has 3 rings (SSSR count). The molecule has 2 N–H and O–H groups in total. The van der Waals surface area contributed by atoms with E-state index in [4.69, 9.17) is 17.3 Å². The monoisotopic (exact) mass is 300 g/mol. The van der Waals surface area contributed by atoms with Crippen LogP contribution in [0.2, 0.25) is 5.02 Å². The number of amides is 2. The summed E-state index contributed by atoms with van der Waals surface area (Å²) in [7, 11) is 0. The van der Waals surface area contributed by atoms with Crippen molar-refractivity contribution >= 4 is 29.1 Å². The van der Waals surface area contributed by atoms with Crippen molar-refractivity contribution in [3.05, 3.63) is 63.7 Å². The van der Waals surface area contributed by atoms with Crippen LogP contribution in [-0.4, -0.2) is 16.7 Å². The zero-order valence-electron chi connectivity index (χ0n) is 11.4. The van der Waals surface area contributed by atoms with Crippen LogP contribution in [0.5, 0.6) is 0 Å². The Morgan fingerprint density at radius 3 is 2.57 bits per heavy atom.